The second-order valence-electron chi connectivity index (χ2n) is 3.43. The largest absolute Gasteiger partial charge is 0.247 e. The third kappa shape index (κ3) is 2.46. The molecule has 0 bridgehead atoms. The lowest BCUT2D eigenvalue weighted by Gasteiger charge is -2.00. The second-order valence-corrected chi connectivity index (χ2v) is 8.48. The minimum atomic E-state index is -3.87. The van der Waals surface area contributed by atoms with Gasteiger partial charge in [-0.1, -0.05) is 18.2 Å². The van der Waals surface area contributed by atoms with Crippen LogP contribution in [0.25, 0.3) is 0 Å². The Morgan fingerprint density at radius 1 is 0.833 bits per heavy atom. The standard InChI is InChI=1S/C10H9NO4S3/c11-18(14,15)10-7-6-9(16-10)17(12,13)8-4-2-1-3-5-8/h1-7H,(H2,11,14,15). The fourth-order valence-corrected chi connectivity index (χ4v) is 4.93. The van der Waals surface area contributed by atoms with Gasteiger partial charge < -0.3 is 0 Å². The van der Waals surface area contributed by atoms with E-state index in [1.165, 1.54) is 24.3 Å². The first-order chi connectivity index (χ1) is 8.32. The normalized spacial score (nSPS) is 12.5. The van der Waals surface area contributed by atoms with Crippen LogP contribution in [0.2, 0.25) is 0 Å². The smallest absolute Gasteiger partial charge is 0.224 e. The predicted octanol–water partition coefficient (Wildman–Crippen LogP) is 1.23. The Kier molecular flexibility index (Phi) is 3.28. The van der Waals surface area contributed by atoms with E-state index in [2.05, 4.69) is 0 Å². The Labute approximate surface area is 109 Å². The van der Waals surface area contributed by atoms with Crippen molar-refractivity contribution in [1.29, 1.82) is 0 Å². The van der Waals surface area contributed by atoms with E-state index < -0.39 is 19.9 Å². The van der Waals surface area contributed by atoms with Crippen molar-refractivity contribution in [3.05, 3.63) is 42.5 Å². The number of sulfonamides is 1. The minimum Gasteiger partial charge on any atom is -0.224 e. The van der Waals surface area contributed by atoms with E-state index in [4.69, 9.17) is 5.14 Å². The maximum atomic E-state index is 12.1. The molecule has 0 aliphatic heterocycles. The molecule has 18 heavy (non-hydrogen) atoms. The highest BCUT2D eigenvalue weighted by Crippen LogP contribution is 2.29. The van der Waals surface area contributed by atoms with Crippen LogP contribution in [0.4, 0.5) is 0 Å². The molecule has 0 amide bonds. The van der Waals surface area contributed by atoms with Crippen LogP contribution < -0.4 is 5.14 Å². The topological polar surface area (TPSA) is 94.3 Å². The molecule has 0 radical (unpaired) electrons. The molecule has 5 nitrogen and oxygen atoms in total. The van der Waals surface area contributed by atoms with E-state index in [1.54, 1.807) is 18.2 Å². The Bertz CT molecular complexity index is 760. The summed E-state index contributed by atoms with van der Waals surface area (Å²) in [5, 5.41) is 4.94. The lowest BCUT2D eigenvalue weighted by Crippen LogP contribution is -2.09. The summed E-state index contributed by atoms with van der Waals surface area (Å²) in [5.41, 5.74) is 0. The second kappa shape index (κ2) is 4.47. The fourth-order valence-electron chi connectivity index (χ4n) is 1.32. The molecule has 0 saturated heterocycles. The Hall–Kier alpha value is -1.22. The molecule has 0 aliphatic carbocycles. The molecule has 0 aliphatic rings. The van der Waals surface area contributed by atoms with Gasteiger partial charge in [-0.15, -0.1) is 11.3 Å². The summed E-state index contributed by atoms with van der Waals surface area (Å²) in [7, 11) is -7.55. The Morgan fingerprint density at radius 3 is 1.89 bits per heavy atom. The molecule has 96 valence electrons. The van der Waals surface area contributed by atoms with Crippen LogP contribution in [0, 0.1) is 0 Å². The molecule has 8 heteroatoms. The van der Waals surface area contributed by atoms with Gasteiger partial charge in [0.1, 0.15) is 8.42 Å². The predicted molar refractivity (Wildman–Crippen MR) is 67.6 cm³/mol. The molecule has 0 atom stereocenters. The van der Waals surface area contributed by atoms with Gasteiger partial charge in [-0.05, 0) is 24.3 Å². The van der Waals surface area contributed by atoms with Crippen molar-refractivity contribution in [2.45, 2.75) is 13.3 Å². The van der Waals surface area contributed by atoms with Gasteiger partial charge in [0.15, 0.2) is 0 Å². The molecule has 0 fully saturated rings. The zero-order chi connectivity index (χ0) is 13.4. The van der Waals surface area contributed by atoms with Crippen LogP contribution in [0.15, 0.2) is 55.8 Å². The molecule has 2 aromatic rings. The number of rotatable bonds is 3. The molecule has 0 unspecified atom stereocenters. The van der Waals surface area contributed by atoms with Crippen LogP contribution >= 0.6 is 11.3 Å². The summed E-state index contributed by atoms with van der Waals surface area (Å²) >= 11 is 0.641. The Morgan fingerprint density at radius 2 is 1.39 bits per heavy atom. The Balaban J connectivity index is 2.54. The number of hydrogen-bond acceptors (Lipinski definition) is 5. The SMILES string of the molecule is NS(=O)(=O)c1ccc(S(=O)(=O)c2ccccc2)s1. The summed E-state index contributed by atoms with van der Waals surface area (Å²) in [4.78, 5) is 0.118. The molecule has 1 heterocycles. The number of sulfone groups is 1. The van der Waals surface area contributed by atoms with Crippen LogP contribution in [0.1, 0.15) is 0 Å². The molecule has 2 rings (SSSR count). The molecule has 2 N–H and O–H groups in total. The van der Waals surface area contributed by atoms with Crippen molar-refractivity contribution in [3.8, 4) is 0 Å². The molecule has 0 spiro atoms. The zero-order valence-corrected chi connectivity index (χ0v) is 11.4. The van der Waals surface area contributed by atoms with Crippen molar-refractivity contribution in [3.63, 3.8) is 0 Å². The van der Waals surface area contributed by atoms with Crippen LogP contribution in [0.3, 0.4) is 0 Å². The van der Waals surface area contributed by atoms with Crippen LogP contribution in [-0.4, -0.2) is 16.8 Å². The molecule has 1 aromatic heterocycles. The van der Waals surface area contributed by atoms with Crippen molar-refractivity contribution in [2.24, 2.45) is 5.14 Å². The van der Waals surface area contributed by atoms with E-state index in [0.29, 0.717) is 11.3 Å². The summed E-state index contributed by atoms with van der Waals surface area (Å²) in [6.07, 6.45) is 0. The molecular formula is C10H9NO4S3. The first-order valence-corrected chi connectivity index (χ1v) is 8.59. The maximum Gasteiger partial charge on any atom is 0.247 e. The van der Waals surface area contributed by atoms with E-state index in [1.807, 2.05) is 0 Å². The number of hydrogen-bond donors (Lipinski definition) is 1. The third-order valence-electron chi connectivity index (χ3n) is 2.16. The quantitative estimate of drug-likeness (QED) is 0.922. The minimum absolute atomic E-state index is 0.0438. The van der Waals surface area contributed by atoms with Crippen molar-refractivity contribution >= 4 is 31.2 Å². The average Bonchev–Trinajstić information content (AvgIpc) is 2.79. The van der Waals surface area contributed by atoms with E-state index in [-0.39, 0.29) is 13.3 Å². The molecule has 0 saturated carbocycles. The van der Waals surface area contributed by atoms with E-state index in [0.717, 1.165) is 0 Å². The van der Waals surface area contributed by atoms with Gasteiger partial charge in [0.25, 0.3) is 0 Å². The fraction of sp³-hybridized carbons (Fsp3) is 0. The van der Waals surface area contributed by atoms with Gasteiger partial charge in [-0.3, -0.25) is 0 Å². The third-order valence-corrected chi connectivity index (χ3v) is 6.94. The van der Waals surface area contributed by atoms with Crippen molar-refractivity contribution < 1.29 is 16.8 Å². The summed E-state index contributed by atoms with van der Waals surface area (Å²) in [6.45, 7) is 0. The summed E-state index contributed by atoms with van der Waals surface area (Å²) < 4.78 is 46.3. The maximum absolute atomic E-state index is 12.1. The van der Waals surface area contributed by atoms with E-state index in [9.17, 15) is 16.8 Å². The number of nitrogens with two attached hydrogens (primary N) is 1. The summed E-state index contributed by atoms with van der Waals surface area (Å²) in [5.74, 6) is 0. The van der Waals surface area contributed by atoms with Crippen LogP contribution in [-0.2, 0) is 19.9 Å². The van der Waals surface area contributed by atoms with Crippen LogP contribution in [0.5, 0.6) is 0 Å². The zero-order valence-electron chi connectivity index (χ0n) is 8.98. The first-order valence-electron chi connectivity index (χ1n) is 4.74. The summed E-state index contributed by atoms with van der Waals surface area (Å²) in [6, 6.07) is 10.2. The molecular weight excluding hydrogens is 294 g/mol. The molecule has 1 aromatic carbocycles. The van der Waals surface area contributed by atoms with Crippen molar-refractivity contribution in [1.82, 2.24) is 0 Å². The number of primary sulfonamides is 1. The highest BCUT2D eigenvalue weighted by Gasteiger charge is 2.22. The van der Waals surface area contributed by atoms with Crippen molar-refractivity contribution in [2.75, 3.05) is 0 Å². The van der Waals surface area contributed by atoms with Gasteiger partial charge in [0.2, 0.25) is 19.9 Å². The number of thiophene rings is 1. The number of benzene rings is 1. The monoisotopic (exact) mass is 303 g/mol. The van der Waals surface area contributed by atoms with Gasteiger partial charge in [0, 0.05) is 0 Å². The lowest BCUT2D eigenvalue weighted by atomic mass is 10.4. The van der Waals surface area contributed by atoms with Gasteiger partial charge >= 0.3 is 0 Å². The van der Waals surface area contributed by atoms with E-state index >= 15 is 0 Å². The first kappa shape index (κ1) is 13.2. The van der Waals surface area contributed by atoms with Gasteiger partial charge in [-0.2, -0.15) is 0 Å². The average molecular weight is 303 g/mol. The van der Waals surface area contributed by atoms with Gasteiger partial charge in [-0.25, -0.2) is 22.0 Å². The lowest BCUT2D eigenvalue weighted by molar-refractivity contribution is 0.597. The highest BCUT2D eigenvalue weighted by molar-refractivity contribution is 7.95. The van der Waals surface area contributed by atoms with Gasteiger partial charge in [0.05, 0.1) is 4.90 Å². The highest BCUT2D eigenvalue weighted by atomic mass is 32.3.